The lowest BCUT2D eigenvalue weighted by Crippen LogP contribution is -2.16. The first kappa shape index (κ1) is 24.1. The summed E-state index contributed by atoms with van der Waals surface area (Å²) in [5.74, 6) is 0.678. The Labute approximate surface area is 167 Å². The third kappa shape index (κ3) is 5.54. The third-order valence-corrected chi connectivity index (χ3v) is 6.78. The van der Waals surface area contributed by atoms with Crippen molar-refractivity contribution in [2.75, 3.05) is 7.11 Å². The van der Waals surface area contributed by atoms with Crippen LogP contribution in [0.1, 0.15) is 33.4 Å². The first-order valence-corrected chi connectivity index (χ1v) is 11.5. The summed E-state index contributed by atoms with van der Waals surface area (Å²) in [6.07, 6.45) is 0. The fourth-order valence-corrected chi connectivity index (χ4v) is 5.39. The molecule has 0 bridgehead atoms. The molecule has 0 atom stereocenters. The molecule has 156 valence electrons. The highest BCUT2D eigenvalue weighted by Crippen LogP contribution is 2.29. The summed E-state index contributed by atoms with van der Waals surface area (Å²) < 4.78 is 50.2. The molecule has 0 aliphatic heterocycles. The monoisotopic (exact) mass is 428 g/mol. The number of nitrogens with two attached hydrogens (primary N) is 2. The average Bonchev–Trinajstić information content (AvgIpc) is 2.47. The minimum Gasteiger partial charge on any atom is -0.496 e. The molecule has 0 aliphatic carbocycles. The van der Waals surface area contributed by atoms with Crippen LogP contribution in [-0.2, 0) is 20.0 Å². The molecule has 0 heterocycles. The van der Waals surface area contributed by atoms with Crippen molar-refractivity contribution >= 4 is 20.0 Å². The Bertz CT molecular complexity index is 1080. The highest BCUT2D eigenvalue weighted by atomic mass is 32.2. The van der Waals surface area contributed by atoms with Gasteiger partial charge in [-0.3, -0.25) is 0 Å². The van der Waals surface area contributed by atoms with Crippen LogP contribution in [0.3, 0.4) is 0 Å². The van der Waals surface area contributed by atoms with Crippen molar-refractivity contribution in [1.29, 1.82) is 0 Å². The van der Waals surface area contributed by atoms with Gasteiger partial charge in [-0.25, -0.2) is 27.1 Å². The second-order valence-corrected chi connectivity index (χ2v) is 9.79. The standard InChI is InChI=1S/C10H15NO3S.C9H13NO2S/c1-6-5-9(14-4)7(2)8(3)10(6)15(11,12)13;1-6-4-7(2)9(8(3)5-6)13(10,11)12/h5H,1-4H3,(H2,11,12,13);4-5H,1-3H3,(H2,10,11,12). The summed E-state index contributed by atoms with van der Waals surface area (Å²) in [6, 6.07) is 5.31. The molecule has 2 aromatic rings. The van der Waals surface area contributed by atoms with E-state index in [1.165, 1.54) is 0 Å². The molecule has 0 amide bonds. The van der Waals surface area contributed by atoms with E-state index in [-0.39, 0.29) is 9.79 Å². The van der Waals surface area contributed by atoms with Gasteiger partial charge in [0.1, 0.15) is 5.75 Å². The highest BCUT2D eigenvalue weighted by Gasteiger charge is 2.18. The van der Waals surface area contributed by atoms with E-state index in [0.29, 0.717) is 28.0 Å². The molecule has 0 fully saturated rings. The van der Waals surface area contributed by atoms with Gasteiger partial charge in [-0.1, -0.05) is 17.7 Å². The van der Waals surface area contributed by atoms with Crippen LogP contribution in [-0.4, -0.2) is 23.9 Å². The minimum atomic E-state index is -3.67. The van der Waals surface area contributed by atoms with Gasteiger partial charge in [0, 0.05) is 0 Å². The van der Waals surface area contributed by atoms with Crippen LogP contribution in [0, 0.1) is 41.5 Å². The topological polar surface area (TPSA) is 130 Å². The predicted molar refractivity (Wildman–Crippen MR) is 111 cm³/mol. The van der Waals surface area contributed by atoms with Gasteiger partial charge >= 0.3 is 0 Å². The van der Waals surface area contributed by atoms with E-state index in [1.807, 2.05) is 26.0 Å². The van der Waals surface area contributed by atoms with Gasteiger partial charge in [0.25, 0.3) is 0 Å². The van der Waals surface area contributed by atoms with Crippen LogP contribution in [0.5, 0.6) is 5.75 Å². The summed E-state index contributed by atoms with van der Waals surface area (Å²) in [5.41, 5.74) is 4.52. The van der Waals surface area contributed by atoms with Gasteiger partial charge in [-0.05, 0) is 75.4 Å². The van der Waals surface area contributed by atoms with Gasteiger partial charge in [0.05, 0.1) is 16.9 Å². The molecule has 7 nitrogen and oxygen atoms in total. The fourth-order valence-electron chi connectivity index (χ4n) is 3.29. The molecule has 0 aliphatic rings. The normalized spacial score (nSPS) is 11.6. The molecular formula is C19H28N2O5S2. The summed E-state index contributed by atoms with van der Waals surface area (Å²) >= 11 is 0. The molecule has 4 N–H and O–H groups in total. The number of ether oxygens (including phenoxy) is 1. The molecule has 0 aromatic heterocycles. The van der Waals surface area contributed by atoms with Crippen LogP contribution in [0.2, 0.25) is 0 Å². The highest BCUT2D eigenvalue weighted by molar-refractivity contribution is 7.89. The Kier molecular flexibility index (Phi) is 7.41. The number of primary sulfonamides is 2. The number of rotatable bonds is 3. The summed E-state index contributed by atoms with van der Waals surface area (Å²) in [4.78, 5) is 0.443. The zero-order chi connectivity index (χ0) is 22.0. The molecule has 0 radical (unpaired) electrons. The minimum absolute atomic E-state index is 0.195. The lowest BCUT2D eigenvalue weighted by molar-refractivity contribution is 0.410. The molecule has 0 saturated carbocycles. The zero-order valence-electron chi connectivity index (χ0n) is 17.2. The van der Waals surface area contributed by atoms with Crippen LogP contribution < -0.4 is 15.0 Å². The number of hydrogen-bond acceptors (Lipinski definition) is 5. The number of sulfonamides is 2. The first-order valence-electron chi connectivity index (χ1n) is 8.39. The van der Waals surface area contributed by atoms with E-state index >= 15 is 0 Å². The Morgan fingerprint density at radius 3 is 1.43 bits per heavy atom. The van der Waals surface area contributed by atoms with E-state index in [0.717, 1.165) is 11.1 Å². The van der Waals surface area contributed by atoms with E-state index < -0.39 is 20.0 Å². The van der Waals surface area contributed by atoms with Crippen molar-refractivity contribution in [1.82, 2.24) is 0 Å². The summed E-state index contributed by atoms with van der Waals surface area (Å²) in [7, 11) is -5.69. The van der Waals surface area contributed by atoms with Gasteiger partial charge in [-0.15, -0.1) is 0 Å². The number of hydrogen-bond donors (Lipinski definition) is 2. The quantitative estimate of drug-likeness (QED) is 0.776. The number of aryl methyl sites for hydroxylation is 4. The summed E-state index contributed by atoms with van der Waals surface area (Å²) in [6.45, 7) is 10.7. The maximum Gasteiger partial charge on any atom is 0.238 e. The van der Waals surface area contributed by atoms with Gasteiger partial charge in [0.15, 0.2) is 0 Å². The molecule has 0 unspecified atom stereocenters. The fraction of sp³-hybridized carbons (Fsp3) is 0.368. The predicted octanol–water partition coefficient (Wildman–Crippen LogP) is 2.53. The van der Waals surface area contributed by atoms with Crippen LogP contribution in [0.4, 0.5) is 0 Å². The Hall–Kier alpha value is -1.94. The summed E-state index contributed by atoms with van der Waals surface area (Å²) in [5, 5.41) is 10.2. The Balaban J connectivity index is 0.000000283. The van der Waals surface area contributed by atoms with Crippen molar-refractivity contribution in [3.63, 3.8) is 0 Å². The zero-order valence-corrected chi connectivity index (χ0v) is 18.9. The Morgan fingerprint density at radius 1 is 0.679 bits per heavy atom. The molecule has 2 aromatic carbocycles. The lowest BCUT2D eigenvalue weighted by Gasteiger charge is -2.14. The number of methoxy groups -OCH3 is 1. The molecule has 9 heteroatoms. The van der Waals surface area contributed by atoms with Crippen LogP contribution in [0.15, 0.2) is 28.0 Å². The van der Waals surface area contributed by atoms with E-state index in [2.05, 4.69) is 0 Å². The molecule has 2 rings (SSSR count). The maximum absolute atomic E-state index is 11.4. The molecule has 28 heavy (non-hydrogen) atoms. The van der Waals surface area contributed by atoms with Crippen molar-refractivity contribution in [3.05, 3.63) is 51.6 Å². The second kappa shape index (κ2) is 8.60. The smallest absolute Gasteiger partial charge is 0.238 e. The number of benzene rings is 2. The van der Waals surface area contributed by atoms with Crippen molar-refractivity contribution < 1.29 is 21.6 Å². The van der Waals surface area contributed by atoms with Gasteiger partial charge in [0.2, 0.25) is 20.0 Å². The maximum atomic E-state index is 11.4. The average molecular weight is 429 g/mol. The second-order valence-electron chi connectivity index (χ2n) is 6.79. The van der Waals surface area contributed by atoms with Crippen LogP contribution in [0.25, 0.3) is 0 Å². The molecular weight excluding hydrogens is 400 g/mol. The Morgan fingerprint density at radius 2 is 1.07 bits per heavy atom. The first-order chi connectivity index (χ1) is 12.6. The largest absolute Gasteiger partial charge is 0.496 e. The molecule has 0 saturated heterocycles. The van der Waals surface area contributed by atoms with Gasteiger partial charge < -0.3 is 4.74 Å². The third-order valence-electron chi connectivity index (χ3n) is 4.37. The van der Waals surface area contributed by atoms with E-state index in [4.69, 9.17) is 15.0 Å². The van der Waals surface area contributed by atoms with E-state index in [1.54, 1.807) is 40.9 Å². The SMILES string of the molecule is COc1cc(C)c(S(N)(=O)=O)c(C)c1C.Cc1cc(C)c(S(N)(=O)=O)c(C)c1. The van der Waals surface area contributed by atoms with Crippen molar-refractivity contribution in [3.8, 4) is 5.75 Å². The van der Waals surface area contributed by atoms with Gasteiger partial charge in [-0.2, -0.15) is 0 Å². The lowest BCUT2D eigenvalue weighted by atomic mass is 10.1. The van der Waals surface area contributed by atoms with Crippen molar-refractivity contribution in [2.45, 2.75) is 51.3 Å². The van der Waals surface area contributed by atoms with Crippen molar-refractivity contribution in [2.24, 2.45) is 10.3 Å². The van der Waals surface area contributed by atoms with Crippen LogP contribution >= 0.6 is 0 Å². The van der Waals surface area contributed by atoms with E-state index in [9.17, 15) is 16.8 Å². The molecule has 0 spiro atoms.